The first kappa shape index (κ1) is 10.7. The Labute approximate surface area is 72.0 Å². The molecule has 0 aromatic heterocycles. The lowest BCUT2D eigenvalue weighted by Crippen LogP contribution is -2.29. The Morgan fingerprint density at radius 3 is 2.67 bits per heavy atom. The minimum atomic E-state index is -1.62. The molecule has 0 amide bonds. The number of hydrogen-bond donors (Lipinski definition) is 1. The molecule has 0 aromatic carbocycles. The van der Waals surface area contributed by atoms with E-state index in [4.69, 9.17) is 6.42 Å². The molecule has 3 heteroatoms. The lowest BCUT2D eigenvalue weighted by molar-refractivity contribution is -0.140. The zero-order valence-electron chi connectivity index (χ0n) is 7.26. The van der Waals surface area contributed by atoms with Gasteiger partial charge in [-0.05, 0) is 13.8 Å². The predicted octanol–water partition coefficient (Wildman–Crippen LogP) is 0.490. The molecule has 3 nitrogen and oxygen atoms in total. The molecule has 0 saturated carbocycles. The van der Waals surface area contributed by atoms with Crippen LogP contribution in [0.15, 0.2) is 12.2 Å². The first-order chi connectivity index (χ1) is 5.45. The highest BCUT2D eigenvalue weighted by Gasteiger charge is 2.27. The summed E-state index contributed by atoms with van der Waals surface area (Å²) in [5.74, 6) is 1.37. The Bertz CT molecular complexity index is 233. The van der Waals surface area contributed by atoms with Gasteiger partial charge in [0.2, 0.25) is 0 Å². The molecule has 12 heavy (non-hydrogen) atoms. The van der Waals surface area contributed by atoms with Crippen molar-refractivity contribution in [3.05, 3.63) is 12.2 Å². The Hall–Kier alpha value is -1.27. The second kappa shape index (κ2) is 3.93. The maximum atomic E-state index is 11.0. The summed E-state index contributed by atoms with van der Waals surface area (Å²) in [6.07, 6.45) is 4.97. The standard InChI is InChI=1S/C9H12O3/c1-5-9(4,11)7(3)8(10)12-6-2/h1,11H,3,6H2,2,4H3. The summed E-state index contributed by atoms with van der Waals surface area (Å²) in [6.45, 7) is 6.56. The van der Waals surface area contributed by atoms with E-state index in [2.05, 4.69) is 11.3 Å². The van der Waals surface area contributed by atoms with Crippen LogP contribution in [0.3, 0.4) is 0 Å². The molecule has 0 aliphatic heterocycles. The van der Waals surface area contributed by atoms with Crippen LogP contribution in [0.4, 0.5) is 0 Å². The normalized spacial score (nSPS) is 14.2. The average Bonchev–Trinajstić information content (AvgIpc) is 2.03. The SMILES string of the molecule is C#CC(C)(O)C(=C)C(=O)OCC. The fourth-order valence-electron chi connectivity index (χ4n) is 0.504. The monoisotopic (exact) mass is 168 g/mol. The molecule has 0 heterocycles. The molecule has 0 saturated heterocycles. The van der Waals surface area contributed by atoms with Crippen molar-refractivity contribution in [3.8, 4) is 12.3 Å². The van der Waals surface area contributed by atoms with Crippen molar-refractivity contribution in [2.45, 2.75) is 19.4 Å². The summed E-state index contributed by atoms with van der Waals surface area (Å²) in [4.78, 5) is 11.0. The third-order valence-electron chi connectivity index (χ3n) is 1.39. The number of esters is 1. The summed E-state index contributed by atoms with van der Waals surface area (Å²) in [6, 6.07) is 0. The van der Waals surface area contributed by atoms with E-state index in [9.17, 15) is 9.90 Å². The maximum absolute atomic E-state index is 11.0. The summed E-state index contributed by atoms with van der Waals surface area (Å²) < 4.78 is 4.60. The molecular formula is C9H12O3. The fraction of sp³-hybridized carbons (Fsp3) is 0.444. The van der Waals surface area contributed by atoms with E-state index in [0.29, 0.717) is 0 Å². The summed E-state index contributed by atoms with van der Waals surface area (Å²) in [5.41, 5.74) is -1.74. The van der Waals surface area contributed by atoms with E-state index in [1.54, 1.807) is 6.92 Å². The summed E-state index contributed by atoms with van der Waals surface area (Å²) in [5, 5.41) is 9.35. The van der Waals surface area contributed by atoms with Crippen molar-refractivity contribution in [3.63, 3.8) is 0 Å². The van der Waals surface area contributed by atoms with Gasteiger partial charge in [0, 0.05) is 0 Å². The van der Waals surface area contributed by atoms with Crippen LogP contribution in [0.1, 0.15) is 13.8 Å². The van der Waals surface area contributed by atoms with Crippen LogP contribution >= 0.6 is 0 Å². The number of aliphatic hydroxyl groups is 1. The maximum Gasteiger partial charge on any atom is 0.337 e. The van der Waals surface area contributed by atoms with Gasteiger partial charge >= 0.3 is 5.97 Å². The highest BCUT2D eigenvalue weighted by Crippen LogP contribution is 2.14. The number of hydrogen-bond acceptors (Lipinski definition) is 3. The van der Waals surface area contributed by atoms with E-state index < -0.39 is 11.6 Å². The summed E-state index contributed by atoms with van der Waals surface area (Å²) in [7, 11) is 0. The topological polar surface area (TPSA) is 46.5 Å². The van der Waals surface area contributed by atoms with Crippen LogP contribution < -0.4 is 0 Å². The van der Waals surface area contributed by atoms with Crippen LogP contribution in [-0.4, -0.2) is 23.3 Å². The Balaban J connectivity index is 4.42. The van der Waals surface area contributed by atoms with E-state index in [0.717, 1.165) is 0 Å². The molecular weight excluding hydrogens is 156 g/mol. The fourth-order valence-corrected chi connectivity index (χ4v) is 0.504. The molecule has 0 rings (SSSR count). The zero-order valence-corrected chi connectivity index (χ0v) is 7.26. The van der Waals surface area contributed by atoms with E-state index in [-0.39, 0.29) is 12.2 Å². The van der Waals surface area contributed by atoms with Gasteiger partial charge in [0.1, 0.15) is 0 Å². The second-order valence-corrected chi connectivity index (χ2v) is 2.42. The van der Waals surface area contributed by atoms with Crippen LogP contribution in [0.5, 0.6) is 0 Å². The number of terminal acetylenes is 1. The van der Waals surface area contributed by atoms with Gasteiger partial charge in [0.25, 0.3) is 0 Å². The second-order valence-electron chi connectivity index (χ2n) is 2.42. The quantitative estimate of drug-likeness (QED) is 0.379. The molecule has 0 spiro atoms. The Kier molecular flexibility index (Phi) is 3.52. The van der Waals surface area contributed by atoms with Gasteiger partial charge in [-0.25, -0.2) is 4.79 Å². The minimum Gasteiger partial charge on any atom is -0.463 e. The number of ether oxygens (including phenoxy) is 1. The van der Waals surface area contributed by atoms with Gasteiger partial charge in [-0.2, -0.15) is 0 Å². The Morgan fingerprint density at radius 1 is 1.83 bits per heavy atom. The van der Waals surface area contributed by atoms with E-state index in [1.807, 2.05) is 5.92 Å². The molecule has 0 aliphatic rings. The van der Waals surface area contributed by atoms with Crippen molar-refractivity contribution >= 4 is 5.97 Å². The molecule has 0 fully saturated rings. The van der Waals surface area contributed by atoms with Crippen molar-refractivity contribution < 1.29 is 14.6 Å². The molecule has 0 radical (unpaired) electrons. The van der Waals surface area contributed by atoms with Gasteiger partial charge < -0.3 is 9.84 Å². The minimum absolute atomic E-state index is 0.119. The van der Waals surface area contributed by atoms with Crippen molar-refractivity contribution in [2.24, 2.45) is 0 Å². The molecule has 1 unspecified atom stereocenters. The molecule has 0 bridgehead atoms. The highest BCUT2D eigenvalue weighted by molar-refractivity contribution is 5.90. The van der Waals surface area contributed by atoms with Gasteiger partial charge in [0.05, 0.1) is 12.2 Å². The molecule has 0 aliphatic carbocycles. The van der Waals surface area contributed by atoms with Crippen LogP contribution in [0.2, 0.25) is 0 Å². The van der Waals surface area contributed by atoms with Gasteiger partial charge in [-0.1, -0.05) is 12.5 Å². The van der Waals surface area contributed by atoms with Crippen LogP contribution in [-0.2, 0) is 9.53 Å². The largest absolute Gasteiger partial charge is 0.463 e. The molecule has 1 atom stereocenters. The summed E-state index contributed by atoms with van der Waals surface area (Å²) >= 11 is 0. The number of rotatable bonds is 3. The smallest absolute Gasteiger partial charge is 0.337 e. The van der Waals surface area contributed by atoms with E-state index >= 15 is 0 Å². The predicted molar refractivity (Wildman–Crippen MR) is 45.2 cm³/mol. The van der Waals surface area contributed by atoms with Crippen molar-refractivity contribution in [1.29, 1.82) is 0 Å². The van der Waals surface area contributed by atoms with E-state index in [1.165, 1.54) is 6.92 Å². The third-order valence-corrected chi connectivity index (χ3v) is 1.39. The first-order valence-corrected chi connectivity index (χ1v) is 3.52. The average molecular weight is 168 g/mol. The molecule has 1 N–H and O–H groups in total. The lowest BCUT2D eigenvalue weighted by Gasteiger charge is -2.17. The van der Waals surface area contributed by atoms with Crippen LogP contribution in [0.25, 0.3) is 0 Å². The van der Waals surface area contributed by atoms with Crippen molar-refractivity contribution in [2.75, 3.05) is 6.61 Å². The molecule has 0 aromatic rings. The third kappa shape index (κ3) is 2.40. The number of carbonyl (C=O) groups is 1. The van der Waals surface area contributed by atoms with Crippen molar-refractivity contribution in [1.82, 2.24) is 0 Å². The van der Waals surface area contributed by atoms with Crippen LogP contribution in [0, 0.1) is 12.3 Å². The Morgan fingerprint density at radius 2 is 2.33 bits per heavy atom. The highest BCUT2D eigenvalue weighted by atomic mass is 16.5. The van der Waals surface area contributed by atoms with Gasteiger partial charge in [-0.3, -0.25) is 0 Å². The first-order valence-electron chi connectivity index (χ1n) is 3.52. The number of carbonyl (C=O) groups excluding carboxylic acids is 1. The zero-order chi connectivity index (χ0) is 9.78. The van der Waals surface area contributed by atoms with Gasteiger partial charge in [0.15, 0.2) is 5.60 Å². The molecule has 66 valence electrons. The lowest BCUT2D eigenvalue weighted by atomic mass is 9.99. The van der Waals surface area contributed by atoms with Gasteiger partial charge in [-0.15, -0.1) is 6.42 Å².